The lowest BCUT2D eigenvalue weighted by atomic mass is 10.2. The Bertz CT molecular complexity index is 1020. The Kier molecular flexibility index (Phi) is 4.20. The molecule has 1 amide bonds. The molecule has 0 saturated heterocycles. The first-order valence-electron chi connectivity index (χ1n) is 8.16. The van der Waals surface area contributed by atoms with Gasteiger partial charge in [0, 0.05) is 17.3 Å². The number of para-hydroxylation sites is 1. The Morgan fingerprint density at radius 2 is 1.92 bits per heavy atom. The Morgan fingerprint density at radius 1 is 1.12 bits per heavy atom. The van der Waals surface area contributed by atoms with E-state index in [4.69, 9.17) is 11.6 Å². The second kappa shape index (κ2) is 6.53. The fourth-order valence-corrected chi connectivity index (χ4v) is 3.38. The van der Waals surface area contributed by atoms with Crippen LogP contribution in [0.25, 0.3) is 5.69 Å². The van der Waals surface area contributed by atoms with Crippen LogP contribution in [-0.4, -0.2) is 15.7 Å². The maximum absolute atomic E-state index is 13.6. The molecule has 2 aromatic carbocycles. The lowest BCUT2D eigenvalue weighted by Gasteiger charge is -2.07. The van der Waals surface area contributed by atoms with Crippen molar-refractivity contribution in [3.63, 3.8) is 0 Å². The molecule has 0 spiro atoms. The van der Waals surface area contributed by atoms with Gasteiger partial charge in [-0.05, 0) is 43.5 Å². The summed E-state index contributed by atoms with van der Waals surface area (Å²) in [5.41, 5.74) is 2.84. The number of amides is 1. The van der Waals surface area contributed by atoms with Crippen molar-refractivity contribution in [2.24, 2.45) is 0 Å². The van der Waals surface area contributed by atoms with Gasteiger partial charge in [0.15, 0.2) is 17.3 Å². The van der Waals surface area contributed by atoms with Gasteiger partial charge in [0.1, 0.15) is 0 Å². The minimum atomic E-state index is -0.952. The lowest BCUT2D eigenvalue weighted by molar-refractivity contribution is 0.102. The topological polar surface area (TPSA) is 46.9 Å². The van der Waals surface area contributed by atoms with Gasteiger partial charge in [-0.15, -0.1) is 0 Å². The van der Waals surface area contributed by atoms with Crippen molar-refractivity contribution in [2.75, 3.05) is 5.32 Å². The first-order valence-corrected chi connectivity index (χ1v) is 8.54. The van der Waals surface area contributed by atoms with Gasteiger partial charge in [-0.2, -0.15) is 5.10 Å². The van der Waals surface area contributed by atoms with E-state index in [1.165, 1.54) is 10.7 Å². The monoisotopic (exact) mass is 373 g/mol. The Balaban J connectivity index is 1.73. The Labute approximate surface area is 153 Å². The SMILES string of the molecule is O=C(Nc1ccccc1Cl)c1nn(-c2ccc(F)c(F)c2)c2c1CCC2. The Morgan fingerprint density at radius 3 is 2.69 bits per heavy atom. The molecule has 26 heavy (non-hydrogen) atoms. The van der Waals surface area contributed by atoms with Crippen molar-refractivity contribution in [1.29, 1.82) is 0 Å². The molecule has 1 aliphatic carbocycles. The van der Waals surface area contributed by atoms with Crippen LogP contribution in [0.3, 0.4) is 0 Å². The van der Waals surface area contributed by atoms with Crippen molar-refractivity contribution in [1.82, 2.24) is 9.78 Å². The van der Waals surface area contributed by atoms with Crippen molar-refractivity contribution in [3.05, 3.63) is 76.1 Å². The number of anilines is 1. The molecule has 1 aromatic heterocycles. The number of hydrogen-bond donors (Lipinski definition) is 1. The zero-order chi connectivity index (χ0) is 18.3. The molecule has 1 aliphatic rings. The second-order valence-electron chi connectivity index (χ2n) is 6.07. The molecule has 4 nitrogen and oxygen atoms in total. The van der Waals surface area contributed by atoms with Crippen molar-refractivity contribution in [3.8, 4) is 5.69 Å². The average molecular weight is 374 g/mol. The molecular formula is C19H14ClF2N3O. The molecule has 7 heteroatoms. The maximum Gasteiger partial charge on any atom is 0.276 e. The van der Waals surface area contributed by atoms with Crippen molar-refractivity contribution in [2.45, 2.75) is 19.3 Å². The molecule has 0 unspecified atom stereocenters. The molecule has 0 bridgehead atoms. The lowest BCUT2D eigenvalue weighted by Crippen LogP contribution is -2.15. The zero-order valence-electron chi connectivity index (χ0n) is 13.6. The minimum Gasteiger partial charge on any atom is -0.319 e. The van der Waals surface area contributed by atoms with Crippen LogP contribution in [0.5, 0.6) is 0 Å². The molecule has 3 aromatic rings. The fourth-order valence-electron chi connectivity index (χ4n) is 3.19. The molecule has 0 atom stereocenters. The molecule has 132 valence electrons. The summed E-state index contributed by atoms with van der Waals surface area (Å²) in [5, 5.41) is 7.56. The summed E-state index contributed by atoms with van der Waals surface area (Å²) in [6, 6.07) is 10.5. The van der Waals surface area contributed by atoms with Crippen molar-refractivity contribution < 1.29 is 13.6 Å². The van der Waals surface area contributed by atoms with Gasteiger partial charge < -0.3 is 5.32 Å². The number of nitrogens with zero attached hydrogens (tertiary/aromatic N) is 2. The van der Waals surface area contributed by atoms with Crippen LogP contribution in [0, 0.1) is 11.6 Å². The highest BCUT2D eigenvalue weighted by atomic mass is 35.5. The highest BCUT2D eigenvalue weighted by molar-refractivity contribution is 6.33. The number of rotatable bonds is 3. The van der Waals surface area contributed by atoms with Crippen LogP contribution in [0.15, 0.2) is 42.5 Å². The van der Waals surface area contributed by atoms with E-state index < -0.39 is 11.6 Å². The van der Waals surface area contributed by atoms with E-state index in [0.29, 0.717) is 22.8 Å². The average Bonchev–Trinajstić information content (AvgIpc) is 3.22. The summed E-state index contributed by atoms with van der Waals surface area (Å²) in [4.78, 5) is 12.7. The summed E-state index contributed by atoms with van der Waals surface area (Å²) in [6.45, 7) is 0. The first-order chi connectivity index (χ1) is 12.5. The quantitative estimate of drug-likeness (QED) is 0.732. The minimum absolute atomic E-state index is 0.280. The van der Waals surface area contributed by atoms with E-state index in [-0.39, 0.29) is 11.6 Å². The standard InChI is InChI=1S/C19H14ClF2N3O/c20-13-5-1-2-6-16(13)23-19(26)18-12-4-3-7-17(12)25(24-18)11-8-9-14(21)15(22)10-11/h1-2,5-6,8-10H,3-4,7H2,(H,23,26). The third kappa shape index (κ3) is 2.86. The summed E-state index contributed by atoms with van der Waals surface area (Å²) < 4.78 is 28.3. The largest absolute Gasteiger partial charge is 0.319 e. The van der Waals surface area contributed by atoms with Crippen LogP contribution >= 0.6 is 11.6 Å². The summed E-state index contributed by atoms with van der Waals surface area (Å²) >= 11 is 6.09. The van der Waals surface area contributed by atoms with Crippen LogP contribution in [0.4, 0.5) is 14.5 Å². The van der Waals surface area contributed by atoms with E-state index >= 15 is 0 Å². The van der Waals surface area contributed by atoms with Gasteiger partial charge in [-0.1, -0.05) is 23.7 Å². The molecule has 4 rings (SSSR count). The number of benzene rings is 2. The van der Waals surface area contributed by atoms with Crippen LogP contribution in [0.2, 0.25) is 5.02 Å². The second-order valence-corrected chi connectivity index (χ2v) is 6.48. The van der Waals surface area contributed by atoms with Crippen LogP contribution in [0.1, 0.15) is 28.2 Å². The molecule has 0 radical (unpaired) electrons. The maximum atomic E-state index is 13.6. The molecule has 1 N–H and O–H groups in total. The van der Waals surface area contributed by atoms with E-state index in [1.807, 2.05) is 0 Å². The molecule has 0 saturated carbocycles. The number of nitrogens with one attached hydrogen (secondary N) is 1. The van der Waals surface area contributed by atoms with Gasteiger partial charge in [0.25, 0.3) is 5.91 Å². The number of carbonyl (C=O) groups excluding carboxylic acids is 1. The van der Waals surface area contributed by atoms with E-state index in [1.54, 1.807) is 24.3 Å². The van der Waals surface area contributed by atoms with Gasteiger partial charge >= 0.3 is 0 Å². The predicted molar refractivity (Wildman–Crippen MR) is 94.9 cm³/mol. The number of hydrogen-bond acceptors (Lipinski definition) is 2. The molecule has 0 fully saturated rings. The third-order valence-corrected chi connectivity index (χ3v) is 4.74. The smallest absolute Gasteiger partial charge is 0.276 e. The van der Waals surface area contributed by atoms with Crippen LogP contribution < -0.4 is 5.32 Å². The zero-order valence-corrected chi connectivity index (χ0v) is 14.4. The summed E-state index contributed by atoms with van der Waals surface area (Å²) in [6.07, 6.45) is 2.31. The summed E-state index contributed by atoms with van der Waals surface area (Å²) in [5.74, 6) is -2.25. The highest BCUT2D eigenvalue weighted by Crippen LogP contribution is 2.29. The van der Waals surface area contributed by atoms with Gasteiger partial charge in [0.05, 0.1) is 16.4 Å². The Hall–Kier alpha value is -2.73. The molecule has 1 heterocycles. The van der Waals surface area contributed by atoms with Crippen LogP contribution in [-0.2, 0) is 12.8 Å². The number of fused-ring (bicyclic) bond motifs is 1. The van der Waals surface area contributed by atoms with Gasteiger partial charge in [-0.25, -0.2) is 13.5 Å². The summed E-state index contributed by atoms with van der Waals surface area (Å²) in [7, 11) is 0. The van der Waals surface area contributed by atoms with Gasteiger partial charge in [0.2, 0.25) is 0 Å². The van der Waals surface area contributed by atoms with E-state index in [9.17, 15) is 13.6 Å². The van der Waals surface area contributed by atoms with Crippen molar-refractivity contribution >= 4 is 23.2 Å². The normalized spacial score (nSPS) is 12.9. The van der Waals surface area contributed by atoms with Gasteiger partial charge in [-0.3, -0.25) is 4.79 Å². The highest BCUT2D eigenvalue weighted by Gasteiger charge is 2.27. The fraction of sp³-hybridized carbons (Fsp3) is 0.158. The predicted octanol–water partition coefficient (Wildman–Crippen LogP) is 4.54. The van der Waals surface area contributed by atoms with E-state index in [0.717, 1.165) is 36.2 Å². The number of halogens is 3. The number of aromatic nitrogens is 2. The first kappa shape index (κ1) is 16.7. The molecular weight excluding hydrogens is 360 g/mol. The van der Waals surface area contributed by atoms with E-state index in [2.05, 4.69) is 10.4 Å². The molecule has 0 aliphatic heterocycles. The third-order valence-electron chi connectivity index (χ3n) is 4.42. The number of carbonyl (C=O) groups is 1.